The van der Waals surface area contributed by atoms with E-state index in [0.717, 1.165) is 0 Å². The van der Waals surface area contributed by atoms with Gasteiger partial charge in [0.1, 0.15) is 17.8 Å². The first-order valence-corrected chi connectivity index (χ1v) is 6.53. The summed E-state index contributed by atoms with van der Waals surface area (Å²) in [4.78, 5) is 16.0. The summed E-state index contributed by atoms with van der Waals surface area (Å²) in [6.07, 6.45) is 1.18. The first-order chi connectivity index (χ1) is 9.90. The lowest BCUT2D eigenvalue weighted by atomic mass is 10.2. The van der Waals surface area contributed by atoms with Crippen LogP contribution in [0.15, 0.2) is 30.5 Å². The molecule has 0 saturated heterocycles. The van der Waals surface area contributed by atoms with E-state index in [0.29, 0.717) is 22.0 Å². The fraction of sp³-hybridized carbons (Fsp3) is 0.214. The zero-order chi connectivity index (χ0) is 15.6. The van der Waals surface area contributed by atoms with Crippen LogP contribution in [0.4, 0.5) is 15.9 Å². The Morgan fingerprint density at radius 3 is 2.76 bits per heavy atom. The van der Waals surface area contributed by atoms with E-state index in [1.807, 2.05) is 0 Å². The van der Waals surface area contributed by atoms with Gasteiger partial charge in [0.15, 0.2) is 0 Å². The van der Waals surface area contributed by atoms with Crippen molar-refractivity contribution in [1.82, 2.24) is 4.98 Å². The van der Waals surface area contributed by atoms with Gasteiger partial charge in [0, 0.05) is 30.2 Å². The number of halogens is 2. The van der Waals surface area contributed by atoms with Crippen molar-refractivity contribution in [1.29, 1.82) is 0 Å². The van der Waals surface area contributed by atoms with E-state index in [9.17, 15) is 14.5 Å². The van der Waals surface area contributed by atoms with Crippen LogP contribution in [0, 0.1) is 22.9 Å². The van der Waals surface area contributed by atoms with Crippen LogP contribution in [0.2, 0.25) is 5.02 Å². The van der Waals surface area contributed by atoms with Crippen LogP contribution in [-0.4, -0.2) is 17.0 Å². The molecule has 2 aromatic rings. The van der Waals surface area contributed by atoms with Crippen LogP contribution in [0.5, 0.6) is 0 Å². The zero-order valence-electron chi connectivity index (χ0n) is 11.5. The molecule has 0 unspecified atom stereocenters. The summed E-state index contributed by atoms with van der Waals surface area (Å²) < 4.78 is 13.8. The standard InChI is InChI=1S/C14H13ClFN3O2/c1-9-6-10(19(20)21)7-17-14(9)18(2)8-11-12(15)4-3-5-13(11)16/h3-7H,8H2,1-2H3. The van der Waals surface area contributed by atoms with Gasteiger partial charge in [-0.25, -0.2) is 9.37 Å². The third-order valence-electron chi connectivity index (χ3n) is 3.07. The van der Waals surface area contributed by atoms with Crippen molar-refractivity contribution in [3.05, 3.63) is 62.5 Å². The molecule has 0 atom stereocenters. The van der Waals surface area contributed by atoms with Gasteiger partial charge in [-0.05, 0) is 24.6 Å². The molecule has 0 radical (unpaired) electrons. The van der Waals surface area contributed by atoms with Crippen molar-refractivity contribution in [3.63, 3.8) is 0 Å². The number of hydrogen-bond acceptors (Lipinski definition) is 4. The summed E-state index contributed by atoms with van der Waals surface area (Å²) in [5.41, 5.74) is 0.925. The van der Waals surface area contributed by atoms with Crippen molar-refractivity contribution < 1.29 is 9.31 Å². The number of hydrogen-bond donors (Lipinski definition) is 0. The molecule has 1 aromatic heterocycles. The van der Waals surface area contributed by atoms with Gasteiger partial charge in [0.05, 0.1) is 4.92 Å². The van der Waals surface area contributed by atoms with Gasteiger partial charge in [0.25, 0.3) is 5.69 Å². The monoisotopic (exact) mass is 309 g/mol. The Balaban J connectivity index is 2.29. The molecular formula is C14H13ClFN3O2. The zero-order valence-corrected chi connectivity index (χ0v) is 12.3. The Morgan fingerprint density at radius 2 is 2.19 bits per heavy atom. The summed E-state index contributed by atoms with van der Waals surface area (Å²) in [7, 11) is 1.73. The molecule has 0 fully saturated rings. The van der Waals surface area contributed by atoms with Crippen LogP contribution < -0.4 is 4.90 Å². The maximum atomic E-state index is 13.8. The molecule has 21 heavy (non-hydrogen) atoms. The first-order valence-electron chi connectivity index (χ1n) is 6.15. The highest BCUT2D eigenvalue weighted by atomic mass is 35.5. The SMILES string of the molecule is Cc1cc([N+](=O)[O-])cnc1N(C)Cc1c(F)cccc1Cl. The minimum absolute atomic E-state index is 0.0754. The molecule has 0 N–H and O–H groups in total. The predicted octanol–water partition coefficient (Wildman–Crippen LogP) is 3.73. The van der Waals surface area contributed by atoms with Crippen molar-refractivity contribution in [2.45, 2.75) is 13.5 Å². The van der Waals surface area contributed by atoms with Crippen molar-refractivity contribution in [2.24, 2.45) is 0 Å². The topological polar surface area (TPSA) is 59.3 Å². The molecule has 0 aliphatic heterocycles. The van der Waals surface area contributed by atoms with E-state index in [2.05, 4.69) is 4.98 Å². The van der Waals surface area contributed by atoms with Crippen LogP contribution in [-0.2, 0) is 6.54 Å². The quantitative estimate of drug-likeness (QED) is 0.638. The maximum absolute atomic E-state index is 13.8. The lowest BCUT2D eigenvalue weighted by Crippen LogP contribution is -2.20. The Kier molecular flexibility index (Phi) is 4.37. The van der Waals surface area contributed by atoms with Gasteiger partial charge >= 0.3 is 0 Å². The van der Waals surface area contributed by atoms with Gasteiger partial charge in [-0.3, -0.25) is 10.1 Å². The lowest BCUT2D eigenvalue weighted by molar-refractivity contribution is -0.385. The van der Waals surface area contributed by atoms with E-state index in [1.54, 1.807) is 24.9 Å². The number of aryl methyl sites for hydroxylation is 1. The Bertz CT molecular complexity index is 674. The molecule has 0 amide bonds. The van der Waals surface area contributed by atoms with Crippen molar-refractivity contribution in [3.8, 4) is 0 Å². The summed E-state index contributed by atoms with van der Waals surface area (Å²) >= 11 is 5.99. The number of nitro groups is 1. The summed E-state index contributed by atoms with van der Waals surface area (Å²) in [5.74, 6) is 0.147. The molecule has 2 rings (SSSR count). The average Bonchev–Trinajstić information content (AvgIpc) is 2.42. The highest BCUT2D eigenvalue weighted by molar-refractivity contribution is 6.31. The van der Waals surface area contributed by atoms with Gasteiger partial charge < -0.3 is 4.90 Å². The molecule has 0 bridgehead atoms. The molecule has 0 spiro atoms. The second-order valence-corrected chi connectivity index (χ2v) is 5.05. The van der Waals surface area contributed by atoms with Gasteiger partial charge in [-0.2, -0.15) is 0 Å². The highest BCUT2D eigenvalue weighted by Crippen LogP contribution is 2.25. The van der Waals surface area contributed by atoms with E-state index < -0.39 is 10.7 Å². The lowest BCUT2D eigenvalue weighted by Gasteiger charge is -2.20. The average molecular weight is 310 g/mol. The smallest absolute Gasteiger partial charge is 0.287 e. The van der Waals surface area contributed by atoms with Gasteiger partial charge in [-0.1, -0.05) is 17.7 Å². The van der Waals surface area contributed by atoms with E-state index in [-0.39, 0.29) is 12.2 Å². The highest BCUT2D eigenvalue weighted by Gasteiger charge is 2.15. The number of aromatic nitrogens is 1. The van der Waals surface area contributed by atoms with Gasteiger partial charge in [0.2, 0.25) is 0 Å². The fourth-order valence-corrected chi connectivity index (χ4v) is 2.27. The minimum atomic E-state index is -0.502. The first kappa shape index (κ1) is 15.2. The van der Waals surface area contributed by atoms with E-state index in [4.69, 9.17) is 11.6 Å². The van der Waals surface area contributed by atoms with Crippen LogP contribution in [0.1, 0.15) is 11.1 Å². The minimum Gasteiger partial charge on any atom is -0.355 e. The molecule has 5 nitrogen and oxygen atoms in total. The number of nitrogens with zero attached hydrogens (tertiary/aromatic N) is 3. The fourth-order valence-electron chi connectivity index (χ4n) is 2.05. The number of benzene rings is 1. The van der Waals surface area contributed by atoms with Crippen LogP contribution >= 0.6 is 11.6 Å². The van der Waals surface area contributed by atoms with Crippen molar-refractivity contribution in [2.75, 3.05) is 11.9 Å². The molecule has 110 valence electrons. The van der Waals surface area contributed by atoms with Crippen LogP contribution in [0.3, 0.4) is 0 Å². The molecule has 1 heterocycles. The Hall–Kier alpha value is -2.21. The Morgan fingerprint density at radius 1 is 1.48 bits per heavy atom. The number of anilines is 1. The Labute approximate surface area is 126 Å². The molecule has 7 heteroatoms. The number of rotatable bonds is 4. The normalized spacial score (nSPS) is 10.5. The second-order valence-electron chi connectivity index (χ2n) is 4.65. The predicted molar refractivity (Wildman–Crippen MR) is 79.1 cm³/mol. The maximum Gasteiger partial charge on any atom is 0.287 e. The third-order valence-corrected chi connectivity index (χ3v) is 3.42. The van der Waals surface area contributed by atoms with Crippen LogP contribution in [0.25, 0.3) is 0 Å². The molecule has 0 aliphatic carbocycles. The third kappa shape index (κ3) is 3.28. The molecule has 1 aromatic carbocycles. The van der Waals surface area contributed by atoms with E-state index >= 15 is 0 Å². The molecule has 0 saturated carbocycles. The summed E-state index contributed by atoms with van der Waals surface area (Å²) in [6, 6.07) is 5.92. The van der Waals surface area contributed by atoms with Gasteiger partial charge in [-0.15, -0.1) is 0 Å². The number of pyridine rings is 1. The molecule has 0 aliphatic rings. The van der Waals surface area contributed by atoms with E-state index in [1.165, 1.54) is 24.4 Å². The summed E-state index contributed by atoms with van der Waals surface area (Å²) in [5, 5.41) is 11.0. The van der Waals surface area contributed by atoms with Crippen molar-refractivity contribution >= 4 is 23.1 Å². The largest absolute Gasteiger partial charge is 0.355 e. The molecular weight excluding hydrogens is 297 g/mol. The second kappa shape index (κ2) is 6.05. The summed E-state index contributed by atoms with van der Waals surface area (Å²) in [6.45, 7) is 1.94.